The molecule has 0 aliphatic carbocycles. The minimum Gasteiger partial charge on any atom is -0.493 e. The SMILES string of the molecule is COc1cc(C(=O)O)ccc1OCc1cnc(C)s1. The van der Waals surface area contributed by atoms with Gasteiger partial charge in [0.1, 0.15) is 6.61 Å². The predicted octanol–water partition coefficient (Wildman–Crippen LogP) is 2.74. The molecule has 0 aliphatic heterocycles. The van der Waals surface area contributed by atoms with E-state index in [2.05, 4.69) is 4.98 Å². The summed E-state index contributed by atoms with van der Waals surface area (Å²) in [6.45, 7) is 2.31. The summed E-state index contributed by atoms with van der Waals surface area (Å²) < 4.78 is 10.7. The lowest BCUT2D eigenvalue weighted by atomic mass is 10.2. The van der Waals surface area contributed by atoms with Crippen molar-refractivity contribution in [3.63, 3.8) is 0 Å². The van der Waals surface area contributed by atoms with Gasteiger partial charge in [0.2, 0.25) is 0 Å². The number of carbonyl (C=O) groups is 1. The number of carboxylic acid groups (broad SMARTS) is 1. The van der Waals surface area contributed by atoms with Gasteiger partial charge < -0.3 is 14.6 Å². The van der Waals surface area contributed by atoms with Crippen molar-refractivity contribution in [1.82, 2.24) is 4.98 Å². The number of aryl methyl sites for hydroxylation is 1. The molecule has 0 amide bonds. The third kappa shape index (κ3) is 3.23. The molecule has 19 heavy (non-hydrogen) atoms. The first-order valence-electron chi connectivity index (χ1n) is 5.55. The zero-order valence-corrected chi connectivity index (χ0v) is 11.4. The summed E-state index contributed by atoms with van der Waals surface area (Å²) in [5, 5.41) is 9.88. The highest BCUT2D eigenvalue weighted by Crippen LogP contribution is 2.29. The summed E-state index contributed by atoms with van der Waals surface area (Å²) >= 11 is 1.56. The molecule has 0 bridgehead atoms. The Hall–Kier alpha value is -2.08. The van der Waals surface area contributed by atoms with Crippen LogP contribution >= 0.6 is 11.3 Å². The molecule has 0 saturated carbocycles. The number of aromatic carboxylic acids is 1. The molecule has 1 heterocycles. The minimum atomic E-state index is -0.997. The van der Waals surface area contributed by atoms with Crippen LogP contribution in [0.15, 0.2) is 24.4 Å². The lowest BCUT2D eigenvalue weighted by molar-refractivity contribution is 0.0696. The van der Waals surface area contributed by atoms with Gasteiger partial charge in [-0.3, -0.25) is 0 Å². The van der Waals surface area contributed by atoms with E-state index < -0.39 is 5.97 Å². The molecule has 2 aromatic rings. The number of nitrogens with zero attached hydrogens (tertiary/aromatic N) is 1. The van der Waals surface area contributed by atoms with Crippen molar-refractivity contribution >= 4 is 17.3 Å². The standard InChI is InChI=1S/C13H13NO4S/c1-8-14-6-10(19-8)7-18-11-4-3-9(13(15)16)5-12(11)17-2/h3-6H,7H2,1-2H3,(H,15,16). The third-order valence-corrected chi connectivity index (χ3v) is 3.34. The molecule has 0 unspecified atom stereocenters. The van der Waals surface area contributed by atoms with E-state index in [-0.39, 0.29) is 5.56 Å². The maximum Gasteiger partial charge on any atom is 0.335 e. The van der Waals surface area contributed by atoms with Crippen LogP contribution in [0.25, 0.3) is 0 Å². The molecule has 6 heteroatoms. The van der Waals surface area contributed by atoms with Crippen molar-refractivity contribution in [3.05, 3.63) is 39.8 Å². The molecule has 1 N–H and O–H groups in total. The van der Waals surface area contributed by atoms with Crippen molar-refractivity contribution in [2.45, 2.75) is 13.5 Å². The largest absolute Gasteiger partial charge is 0.493 e. The first-order chi connectivity index (χ1) is 9.10. The highest BCUT2D eigenvalue weighted by molar-refractivity contribution is 7.11. The van der Waals surface area contributed by atoms with Crippen LogP contribution in [0.4, 0.5) is 0 Å². The van der Waals surface area contributed by atoms with E-state index >= 15 is 0 Å². The van der Waals surface area contributed by atoms with Crippen LogP contribution in [-0.2, 0) is 6.61 Å². The Morgan fingerprint density at radius 2 is 2.21 bits per heavy atom. The van der Waals surface area contributed by atoms with Gasteiger partial charge in [-0.25, -0.2) is 9.78 Å². The molecular formula is C13H13NO4S. The van der Waals surface area contributed by atoms with Gasteiger partial charge in [-0.2, -0.15) is 0 Å². The first kappa shape index (κ1) is 13.4. The second-order valence-corrected chi connectivity index (χ2v) is 5.12. The fourth-order valence-electron chi connectivity index (χ4n) is 1.54. The average molecular weight is 279 g/mol. The van der Waals surface area contributed by atoms with Crippen LogP contribution in [0.2, 0.25) is 0 Å². The highest BCUT2D eigenvalue weighted by atomic mass is 32.1. The minimum absolute atomic E-state index is 0.165. The van der Waals surface area contributed by atoms with Gasteiger partial charge in [-0.05, 0) is 25.1 Å². The number of methoxy groups -OCH3 is 1. The van der Waals surface area contributed by atoms with Crippen LogP contribution in [0, 0.1) is 6.92 Å². The predicted molar refractivity (Wildman–Crippen MR) is 71.1 cm³/mol. The second-order valence-electron chi connectivity index (χ2n) is 3.81. The highest BCUT2D eigenvalue weighted by Gasteiger charge is 2.10. The number of carboxylic acids is 1. The Balaban J connectivity index is 2.13. The second kappa shape index (κ2) is 5.71. The molecule has 0 atom stereocenters. The Labute approximate surface area is 114 Å². The monoisotopic (exact) mass is 279 g/mol. The van der Waals surface area contributed by atoms with Crippen LogP contribution in [-0.4, -0.2) is 23.2 Å². The summed E-state index contributed by atoms with van der Waals surface area (Å²) in [7, 11) is 1.48. The fraction of sp³-hybridized carbons (Fsp3) is 0.231. The van der Waals surface area contributed by atoms with Crippen molar-refractivity contribution in [2.75, 3.05) is 7.11 Å². The van der Waals surface area contributed by atoms with Crippen LogP contribution in [0.5, 0.6) is 11.5 Å². The van der Waals surface area contributed by atoms with E-state index in [1.165, 1.54) is 19.2 Å². The van der Waals surface area contributed by atoms with Gasteiger partial charge in [0, 0.05) is 6.20 Å². The number of hydrogen-bond donors (Lipinski definition) is 1. The smallest absolute Gasteiger partial charge is 0.335 e. The van der Waals surface area contributed by atoms with E-state index in [9.17, 15) is 4.79 Å². The van der Waals surface area contributed by atoms with Gasteiger partial charge in [0.25, 0.3) is 0 Å². The Kier molecular flexibility index (Phi) is 4.01. The van der Waals surface area contributed by atoms with Gasteiger partial charge in [-0.1, -0.05) is 0 Å². The van der Waals surface area contributed by atoms with Crippen LogP contribution in [0.3, 0.4) is 0 Å². The number of thiazole rings is 1. The van der Waals surface area contributed by atoms with E-state index in [0.29, 0.717) is 18.1 Å². The van der Waals surface area contributed by atoms with Crippen LogP contribution in [0.1, 0.15) is 20.2 Å². The Morgan fingerprint density at radius 3 is 2.79 bits per heavy atom. The maximum absolute atomic E-state index is 10.9. The first-order valence-corrected chi connectivity index (χ1v) is 6.37. The van der Waals surface area contributed by atoms with Gasteiger partial charge in [-0.15, -0.1) is 11.3 Å². The quantitative estimate of drug-likeness (QED) is 0.911. The van der Waals surface area contributed by atoms with E-state index in [1.807, 2.05) is 6.92 Å². The molecule has 2 rings (SSSR count). The van der Waals surface area contributed by atoms with Crippen molar-refractivity contribution in [2.24, 2.45) is 0 Å². The molecular weight excluding hydrogens is 266 g/mol. The summed E-state index contributed by atoms with van der Waals surface area (Å²) in [5.74, 6) is -0.0809. The molecule has 100 valence electrons. The number of hydrogen-bond acceptors (Lipinski definition) is 5. The maximum atomic E-state index is 10.9. The Bertz CT molecular complexity index is 594. The molecule has 1 aromatic heterocycles. The molecule has 0 fully saturated rings. The Morgan fingerprint density at radius 1 is 1.42 bits per heavy atom. The lowest BCUT2D eigenvalue weighted by Gasteiger charge is -2.10. The summed E-state index contributed by atoms with van der Waals surface area (Å²) in [6, 6.07) is 4.52. The zero-order chi connectivity index (χ0) is 13.8. The molecule has 5 nitrogen and oxygen atoms in total. The molecule has 0 radical (unpaired) electrons. The van der Waals surface area contributed by atoms with Crippen molar-refractivity contribution in [3.8, 4) is 11.5 Å². The van der Waals surface area contributed by atoms with Crippen LogP contribution < -0.4 is 9.47 Å². The number of benzene rings is 1. The van der Waals surface area contributed by atoms with E-state index in [4.69, 9.17) is 14.6 Å². The van der Waals surface area contributed by atoms with E-state index in [1.54, 1.807) is 23.6 Å². The van der Waals surface area contributed by atoms with E-state index in [0.717, 1.165) is 9.88 Å². The zero-order valence-electron chi connectivity index (χ0n) is 10.5. The summed E-state index contributed by atoms with van der Waals surface area (Å²) in [5.41, 5.74) is 0.165. The van der Waals surface area contributed by atoms with Gasteiger partial charge in [0.15, 0.2) is 11.5 Å². The summed E-state index contributed by atoms with van der Waals surface area (Å²) in [6.07, 6.45) is 1.76. The normalized spacial score (nSPS) is 10.2. The number of ether oxygens (including phenoxy) is 2. The topological polar surface area (TPSA) is 68.7 Å². The number of rotatable bonds is 5. The average Bonchev–Trinajstić information content (AvgIpc) is 2.81. The molecule has 1 aromatic carbocycles. The molecule has 0 saturated heterocycles. The van der Waals surface area contributed by atoms with Crippen molar-refractivity contribution < 1.29 is 19.4 Å². The molecule has 0 aliphatic rings. The van der Waals surface area contributed by atoms with Crippen molar-refractivity contribution in [1.29, 1.82) is 0 Å². The molecule has 0 spiro atoms. The summed E-state index contributed by atoms with van der Waals surface area (Å²) in [4.78, 5) is 16.0. The number of aromatic nitrogens is 1. The third-order valence-electron chi connectivity index (χ3n) is 2.45. The lowest BCUT2D eigenvalue weighted by Crippen LogP contribution is -2.00. The fourth-order valence-corrected chi connectivity index (χ4v) is 2.25. The van der Waals surface area contributed by atoms with Gasteiger partial charge >= 0.3 is 5.97 Å². The van der Waals surface area contributed by atoms with Gasteiger partial charge in [0.05, 0.1) is 22.6 Å².